The molecule has 0 bridgehead atoms. The molecule has 0 aliphatic carbocycles. The van der Waals surface area contributed by atoms with Gasteiger partial charge in [0, 0.05) is 19.3 Å². The predicted molar refractivity (Wildman–Crippen MR) is 215 cm³/mol. The molecule has 0 aliphatic heterocycles. The minimum Gasteiger partial charge on any atom is -0.394 e. The van der Waals surface area contributed by atoms with Gasteiger partial charge in [-0.2, -0.15) is 0 Å². The Labute approximate surface area is 328 Å². The number of carbonyl (C=O) groups excluding carboxylic acids is 4. The van der Waals surface area contributed by atoms with Crippen LogP contribution in [-0.2, 0) is 19.2 Å². The van der Waals surface area contributed by atoms with E-state index in [2.05, 4.69) is 13.8 Å². The lowest BCUT2D eigenvalue weighted by atomic mass is 9.66. The van der Waals surface area contributed by atoms with Crippen LogP contribution in [0, 0.1) is 5.41 Å². The van der Waals surface area contributed by atoms with Gasteiger partial charge in [0.2, 0.25) is 0 Å². The Balaban J connectivity index is 5.32. The highest BCUT2D eigenvalue weighted by molar-refractivity contribution is 6.27. The van der Waals surface area contributed by atoms with Gasteiger partial charge in [0.1, 0.15) is 24.4 Å². The summed E-state index contributed by atoms with van der Waals surface area (Å²) in [4.78, 5) is 55.0. The number of rotatable bonds is 41. The van der Waals surface area contributed by atoms with Crippen LogP contribution < -0.4 is 0 Å². The number of ketones is 4. The SMILES string of the molecule is CCCCCCCCCCCCCCCCC(=O)C(CC(=O)C(O)C(O)CO)(C(=O)CCCCCCCCCCCCCCCC)C(=O)C(O)C(O)CO. The van der Waals surface area contributed by atoms with Gasteiger partial charge in [-0.25, -0.2) is 0 Å². The summed E-state index contributed by atoms with van der Waals surface area (Å²) in [5.74, 6) is -4.37. The molecule has 0 aromatic heterocycles. The number of Topliss-reactive ketones (excluding diaryl/α,β-unsaturated/α-hetero) is 4. The molecule has 54 heavy (non-hydrogen) atoms. The first kappa shape index (κ1) is 52.4. The van der Waals surface area contributed by atoms with Crippen LogP contribution in [0.5, 0.6) is 0 Å². The van der Waals surface area contributed by atoms with Gasteiger partial charge in [-0.3, -0.25) is 19.2 Å². The lowest BCUT2D eigenvalue weighted by Gasteiger charge is -2.33. The maximum absolute atomic E-state index is 14.0. The van der Waals surface area contributed by atoms with Crippen molar-refractivity contribution in [2.75, 3.05) is 13.2 Å². The van der Waals surface area contributed by atoms with E-state index < -0.39 is 72.6 Å². The van der Waals surface area contributed by atoms with Gasteiger partial charge in [-0.15, -0.1) is 0 Å². The zero-order chi connectivity index (χ0) is 40.5. The highest BCUT2D eigenvalue weighted by Gasteiger charge is 2.55. The third-order valence-electron chi connectivity index (χ3n) is 11.0. The Kier molecular flexibility index (Phi) is 33.7. The molecular weight excluding hydrogens is 688 g/mol. The third kappa shape index (κ3) is 22.9. The summed E-state index contributed by atoms with van der Waals surface area (Å²) in [6.45, 7) is 2.44. The van der Waals surface area contributed by atoms with Gasteiger partial charge in [0.05, 0.1) is 13.2 Å². The summed E-state index contributed by atoms with van der Waals surface area (Å²) in [5, 5.41) is 59.9. The van der Waals surface area contributed by atoms with E-state index in [1.165, 1.54) is 103 Å². The van der Waals surface area contributed by atoms with Crippen LogP contribution in [0.15, 0.2) is 0 Å². The third-order valence-corrected chi connectivity index (χ3v) is 11.0. The summed E-state index contributed by atoms with van der Waals surface area (Å²) in [7, 11) is 0. The van der Waals surface area contributed by atoms with Gasteiger partial charge in [-0.1, -0.05) is 181 Å². The fourth-order valence-corrected chi connectivity index (χ4v) is 7.31. The fourth-order valence-electron chi connectivity index (χ4n) is 7.31. The van der Waals surface area contributed by atoms with Crippen LogP contribution in [0.3, 0.4) is 0 Å². The molecule has 6 N–H and O–H groups in total. The monoisotopic (exact) mass is 771 g/mol. The van der Waals surface area contributed by atoms with Crippen molar-refractivity contribution in [1.82, 2.24) is 0 Å². The molecule has 4 atom stereocenters. The molecule has 10 nitrogen and oxygen atoms in total. The second-order valence-corrected chi connectivity index (χ2v) is 15.8. The number of aliphatic hydroxyl groups is 6. The molecule has 0 saturated carbocycles. The van der Waals surface area contributed by atoms with Crippen molar-refractivity contribution < 1.29 is 49.8 Å². The topological polar surface area (TPSA) is 190 Å². The fraction of sp³-hybridized carbons (Fsp3) is 0.909. The molecule has 0 rings (SSSR count). The Morgan fingerprint density at radius 1 is 0.407 bits per heavy atom. The lowest BCUT2D eigenvalue weighted by molar-refractivity contribution is -0.161. The molecule has 318 valence electrons. The van der Waals surface area contributed by atoms with Crippen molar-refractivity contribution in [2.24, 2.45) is 5.41 Å². The van der Waals surface area contributed by atoms with Crippen LogP contribution in [0.4, 0.5) is 0 Å². The van der Waals surface area contributed by atoms with Crippen molar-refractivity contribution in [3.8, 4) is 0 Å². The quantitative estimate of drug-likeness (QED) is 0.0264. The summed E-state index contributed by atoms with van der Waals surface area (Å²) in [6, 6.07) is 0. The molecule has 0 heterocycles. The Hall–Kier alpha value is -1.56. The van der Waals surface area contributed by atoms with Crippen LogP contribution in [-0.4, -0.2) is 91.4 Å². The summed E-state index contributed by atoms with van der Waals surface area (Å²) in [6.07, 6.45) is 20.5. The van der Waals surface area contributed by atoms with Crippen molar-refractivity contribution in [3.05, 3.63) is 0 Å². The Morgan fingerprint density at radius 2 is 0.667 bits per heavy atom. The highest BCUT2D eigenvalue weighted by Crippen LogP contribution is 2.35. The molecule has 0 radical (unpaired) electrons. The van der Waals surface area contributed by atoms with Gasteiger partial charge < -0.3 is 30.6 Å². The molecule has 10 heteroatoms. The molecule has 0 fully saturated rings. The van der Waals surface area contributed by atoms with Crippen LogP contribution in [0.25, 0.3) is 0 Å². The van der Waals surface area contributed by atoms with Gasteiger partial charge >= 0.3 is 0 Å². The number of unbranched alkanes of at least 4 members (excludes halogenated alkanes) is 26. The number of aliphatic hydroxyl groups excluding tert-OH is 6. The van der Waals surface area contributed by atoms with E-state index in [9.17, 15) is 49.8 Å². The number of hydrogen-bond acceptors (Lipinski definition) is 10. The zero-order valence-corrected chi connectivity index (χ0v) is 34.5. The normalized spacial score (nSPS) is 14.1. The van der Waals surface area contributed by atoms with E-state index in [0.717, 1.165) is 51.4 Å². The van der Waals surface area contributed by atoms with E-state index in [4.69, 9.17) is 0 Å². The first-order valence-corrected chi connectivity index (χ1v) is 22.1. The van der Waals surface area contributed by atoms with Crippen molar-refractivity contribution in [3.63, 3.8) is 0 Å². The molecule has 0 aliphatic rings. The molecule has 4 unspecified atom stereocenters. The minimum atomic E-state index is -2.70. The maximum Gasteiger partial charge on any atom is 0.185 e. The minimum absolute atomic E-state index is 0.234. The maximum atomic E-state index is 14.0. The van der Waals surface area contributed by atoms with Crippen molar-refractivity contribution in [2.45, 2.75) is 237 Å². The summed E-state index contributed by atoms with van der Waals surface area (Å²) < 4.78 is 0. The predicted octanol–water partition coefficient (Wildman–Crippen LogP) is 7.81. The standard InChI is InChI=1S/C44H82O10/c1-3-5-7-9-11-13-15-17-19-21-23-25-27-29-31-39(50)44(43(54)42(53)38(49)35-46,33-36(47)41(52)37(48)34-45)40(51)32-30-28-26-24-22-20-18-16-14-12-10-8-6-4-2/h37-38,41-42,45-46,48-49,52-53H,3-35H2,1-2H3. The first-order valence-electron chi connectivity index (χ1n) is 22.1. The van der Waals surface area contributed by atoms with Gasteiger partial charge in [0.15, 0.2) is 28.5 Å². The zero-order valence-electron chi connectivity index (χ0n) is 34.5. The molecule has 0 aromatic rings. The largest absolute Gasteiger partial charge is 0.394 e. The Morgan fingerprint density at radius 3 is 0.944 bits per heavy atom. The van der Waals surface area contributed by atoms with Crippen molar-refractivity contribution >= 4 is 23.1 Å². The molecule has 0 saturated heterocycles. The van der Waals surface area contributed by atoms with Gasteiger partial charge in [-0.05, 0) is 12.8 Å². The van der Waals surface area contributed by atoms with E-state index in [0.29, 0.717) is 25.7 Å². The first-order chi connectivity index (χ1) is 26.0. The lowest BCUT2D eigenvalue weighted by Crippen LogP contribution is -2.56. The average molecular weight is 771 g/mol. The van der Waals surface area contributed by atoms with Crippen molar-refractivity contribution in [1.29, 1.82) is 0 Å². The van der Waals surface area contributed by atoms with Crippen LogP contribution in [0.1, 0.15) is 213 Å². The second kappa shape index (κ2) is 34.7. The van der Waals surface area contributed by atoms with E-state index in [1.807, 2.05) is 0 Å². The van der Waals surface area contributed by atoms with Gasteiger partial charge in [0.25, 0.3) is 0 Å². The molecule has 0 amide bonds. The Bertz CT molecular complexity index is 910. The summed E-state index contributed by atoms with van der Waals surface area (Å²) in [5.41, 5.74) is -2.70. The van der Waals surface area contributed by atoms with Crippen LogP contribution in [0.2, 0.25) is 0 Å². The second-order valence-electron chi connectivity index (χ2n) is 15.8. The number of carbonyl (C=O) groups is 4. The molecule has 0 spiro atoms. The highest BCUT2D eigenvalue weighted by atomic mass is 16.4. The molecule has 0 aromatic carbocycles. The number of hydrogen-bond donors (Lipinski definition) is 6. The van der Waals surface area contributed by atoms with E-state index >= 15 is 0 Å². The molecular formula is C44H82O10. The van der Waals surface area contributed by atoms with Crippen LogP contribution >= 0.6 is 0 Å². The smallest absolute Gasteiger partial charge is 0.185 e. The van der Waals surface area contributed by atoms with E-state index in [1.54, 1.807) is 0 Å². The average Bonchev–Trinajstić information content (AvgIpc) is 3.18. The van der Waals surface area contributed by atoms with E-state index in [-0.39, 0.29) is 12.8 Å². The summed E-state index contributed by atoms with van der Waals surface area (Å²) >= 11 is 0.